The van der Waals surface area contributed by atoms with Gasteiger partial charge >= 0.3 is 12.3 Å². The highest BCUT2D eigenvalue weighted by molar-refractivity contribution is 6.30. The van der Waals surface area contributed by atoms with Gasteiger partial charge in [-0.05, 0) is 18.2 Å². The van der Waals surface area contributed by atoms with Gasteiger partial charge in [-0.15, -0.1) is 0 Å². The van der Waals surface area contributed by atoms with E-state index in [4.69, 9.17) is 16.3 Å². The SMILES string of the molecule is CO[C@@H]1C[C@H](C(=O)Nc2ccc(-n3cc(C(F)(F)F)cc(Cl)c3=O)cc2F)N(C(=O)O)C1. The van der Waals surface area contributed by atoms with Crippen LogP contribution in [0.15, 0.2) is 35.3 Å². The minimum absolute atomic E-state index is 0.0371. The third-order valence-corrected chi connectivity index (χ3v) is 5.20. The van der Waals surface area contributed by atoms with E-state index in [9.17, 15) is 37.1 Å². The second-order valence-electron chi connectivity index (χ2n) is 6.95. The van der Waals surface area contributed by atoms with Crippen LogP contribution in [0.2, 0.25) is 5.02 Å². The topological polar surface area (TPSA) is 101 Å². The number of carbonyl (C=O) groups excluding carboxylic acids is 1. The lowest BCUT2D eigenvalue weighted by Gasteiger charge is -2.20. The van der Waals surface area contributed by atoms with Gasteiger partial charge in [0.2, 0.25) is 5.91 Å². The van der Waals surface area contributed by atoms with Crippen molar-refractivity contribution in [3.05, 3.63) is 57.2 Å². The highest BCUT2D eigenvalue weighted by atomic mass is 35.5. The lowest BCUT2D eigenvalue weighted by Crippen LogP contribution is -2.42. The van der Waals surface area contributed by atoms with Crippen LogP contribution in [-0.4, -0.2) is 52.4 Å². The Morgan fingerprint density at radius 2 is 1.97 bits per heavy atom. The number of pyridine rings is 1. The average molecular weight is 478 g/mol. The zero-order valence-electron chi connectivity index (χ0n) is 16.3. The molecule has 1 saturated heterocycles. The minimum atomic E-state index is -4.79. The normalized spacial score (nSPS) is 18.6. The smallest absolute Gasteiger partial charge is 0.417 e. The summed E-state index contributed by atoms with van der Waals surface area (Å²) in [6, 6.07) is 2.24. The van der Waals surface area contributed by atoms with Gasteiger partial charge in [-0.3, -0.25) is 19.1 Å². The van der Waals surface area contributed by atoms with Crippen molar-refractivity contribution in [2.45, 2.75) is 24.7 Å². The first kappa shape index (κ1) is 23.5. The summed E-state index contributed by atoms with van der Waals surface area (Å²) >= 11 is 5.60. The number of halogens is 5. The fourth-order valence-corrected chi connectivity index (χ4v) is 3.50. The van der Waals surface area contributed by atoms with Crippen LogP contribution in [0.4, 0.5) is 28.0 Å². The molecule has 172 valence electrons. The van der Waals surface area contributed by atoms with Gasteiger partial charge in [0.1, 0.15) is 16.9 Å². The van der Waals surface area contributed by atoms with E-state index in [0.717, 1.165) is 23.1 Å². The monoisotopic (exact) mass is 477 g/mol. The quantitative estimate of drug-likeness (QED) is 0.658. The van der Waals surface area contributed by atoms with Gasteiger partial charge in [0.25, 0.3) is 5.56 Å². The van der Waals surface area contributed by atoms with Crippen LogP contribution >= 0.6 is 11.6 Å². The van der Waals surface area contributed by atoms with Crippen LogP contribution in [0.5, 0.6) is 0 Å². The van der Waals surface area contributed by atoms with E-state index in [1.807, 2.05) is 0 Å². The molecule has 0 aliphatic carbocycles. The second-order valence-corrected chi connectivity index (χ2v) is 7.35. The summed E-state index contributed by atoms with van der Waals surface area (Å²) in [6.07, 6.45) is -6.10. The van der Waals surface area contributed by atoms with E-state index < -0.39 is 52.3 Å². The van der Waals surface area contributed by atoms with E-state index >= 15 is 0 Å². The Morgan fingerprint density at radius 1 is 1.28 bits per heavy atom. The summed E-state index contributed by atoms with van der Waals surface area (Å²) in [6.45, 7) is -0.0371. The standard InChI is InChI=1S/C19H16ClF4N3O5/c1-32-11-6-15(27(8-11)18(30)31)16(28)25-14-3-2-10(5-13(14)21)26-7-9(19(22,23)24)4-12(20)17(26)29/h2-5,7,11,15H,6,8H2,1H3,(H,25,28)(H,30,31)/t11-,15-/m1/s1. The molecule has 1 aromatic heterocycles. The average Bonchev–Trinajstić information content (AvgIpc) is 3.16. The number of aromatic nitrogens is 1. The number of anilines is 1. The van der Waals surface area contributed by atoms with Crippen molar-refractivity contribution in [2.24, 2.45) is 0 Å². The van der Waals surface area contributed by atoms with Crippen LogP contribution in [0.1, 0.15) is 12.0 Å². The van der Waals surface area contributed by atoms with Crippen molar-refractivity contribution in [1.29, 1.82) is 0 Å². The minimum Gasteiger partial charge on any atom is -0.465 e. The van der Waals surface area contributed by atoms with Crippen molar-refractivity contribution in [2.75, 3.05) is 19.0 Å². The number of amides is 2. The van der Waals surface area contributed by atoms with Crippen molar-refractivity contribution in [3.63, 3.8) is 0 Å². The third kappa shape index (κ3) is 4.70. The first-order valence-corrected chi connectivity index (χ1v) is 9.42. The molecule has 8 nitrogen and oxygen atoms in total. The Kier molecular flexibility index (Phi) is 6.46. The van der Waals surface area contributed by atoms with Gasteiger partial charge in [-0.2, -0.15) is 13.2 Å². The molecule has 3 rings (SSSR count). The summed E-state index contributed by atoms with van der Waals surface area (Å²) in [7, 11) is 1.37. The zero-order valence-corrected chi connectivity index (χ0v) is 17.1. The third-order valence-electron chi connectivity index (χ3n) is 4.93. The number of hydrogen-bond acceptors (Lipinski definition) is 4. The lowest BCUT2D eigenvalue weighted by molar-refractivity contribution is -0.138. The number of likely N-dealkylation sites (tertiary alicyclic amines) is 1. The number of ether oxygens (including phenoxy) is 1. The van der Waals surface area contributed by atoms with Crippen molar-refractivity contribution in [1.82, 2.24) is 9.47 Å². The molecular weight excluding hydrogens is 462 g/mol. The van der Waals surface area contributed by atoms with Crippen LogP contribution in [0, 0.1) is 5.82 Å². The maximum Gasteiger partial charge on any atom is 0.417 e. The number of hydrogen-bond donors (Lipinski definition) is 2. The van der Waals surface area contributed by atoms with Crippen molar-refractivity contribution < 1.29 is 37.0 Å². The van der Waals surface area contributed by atoms with Gasteiger partial charge in [-0.1, -0.05) is 11.6 Å². The van der Waals surface area contributed by atoms with Gasteiger partial charge in [0, 0.05) is 25.8 Å². The molecule has 1 aliphatic rings. The lowest BCUT2D eigenvalue weighted by atomic mass is 10.1. The van der Waals surface area contributed by atoms with Crippen LogP contribution in [-0.2, 0) is 15.7 Å². The number of methoxy groups -OCH3 is 1. The Bertz CT molecular complexity index is 1120. The predicted octanol–water partition coefficient (Wildman–Crippen LogP) is 3.35. The number of nitrogens with one attached hydrogen (secondary N) is 1. The Morgan fingerprint density at radius 3 is 2.53 bits per heavy atom. The molecule has 32 heavy (non-hydrogen) atoms. The van der Waals surface area contributed by atoms with Crippen molar-refractivity contribution >= 4 is 29.3 Å². The fourth-order valence-electron chi connectivity index (χ4n) is 3.29. The number of carbonyl (C=O) groups is 2. The summed E-state index contributed by atoms with van der Waals surface area (Å²) in [5, 5.41) is 10.8. The highest BCUT2D eigenvalue weighted by Gasteiger charge is 2.40. The molecule has 2 aromatic rings. The molecule has 0 saturated carbocycles. The molecule has 0 spiro atoms. The van der Waals surface area contributed by atoms with Crippen LogP contribution in [0.3, 0.4) is 0 Å². The van der Waals surface area contributed by atoms with Gasteiger partial charge in [-0.25, -0.2) is 9.18 Å². The van der Waals surface area contributed by atoms with Crippen LogP contribution < -0.4 is 10.9 Å². The fraction of sp³-hybridized carbons (Fsp3) is 0.316. The number of carboxylic acid groups (broad SMARTS) is 1. The number of nitrogens with zero attached hydrogens (tertiary/aromatic N) is 2. The molecular formula is C19H16ClF4N3O5. The molecule has 1 fully saturated rings. The van der Waals surface area contributed by atoms with Crippen LogP contribution in [0.25, 0.3) is 5.69 Å². The molecule has 0 unspecified atom stereocenters. The summed E-state index contributed by atoms with van der Waals surface area (Å²) < 4.78 is 59.3. The summed E-state index contributed by atoms with van der Waals surface area (Å²) in [5.74, 6) is -1.86. The van der Waals surface area contributed by atoms with Gasteiger partial charge < -0.3 is 15.2 Å². The van der Waals surface area contributed by atoms with E-state index in [1.165, 1.54) is 7.11 Å². The summed E-state index contributed by atoms with van der Waals surface area (Å²) in [4.78, 5) is 36.9. The number of rotatable bonds is 4. The van der Waals surface area contributed by atoms with E-state index in [2.05, 4.69) is 5.32 Å². The number of benzene rings is 1. The zero-order chi connectivity index (χ0) is 23.8. The Labute approximate surface area is 182 Å². The first-order valence-electron chi connectivity index (χ1n) is 9.05. The largest absolute Gasteiger partial charge is 0.465 e. The Hall–Kier alpha value is -3.12. The van der Waals surface area contributed by atoms with E-state index in [0.29, 0.717) is 16.8 Å². The predicted molar refractivity (Wildman–Crippen MR) is 105 cm³/mol. The molecule has 13 heteroatoms. The maximum absolute atomic E-state index is 14.6. The molecule has 1 aliphatic heterocycles. The molecule has 2 amide bonds. The molecule has 2 heterocycles. The van der Waals surface area contributed by atoms with E-state index in [-0.39, 0.29) is 24.3 Å². The van der Waals surface area contributed by atoms with Crippen molar-refractivity contribution in [3.8, 4) is 5.69 Å². The Balaban J connectivity index is 1.88. The van der Waals surface area contributed by atoms with Gasteiger partial charge in [0.15, 0.2) is 0 Å². The van der Waals surface area contributed by atoms with Gasteiger partial charge in [0.05, 0.1) is 29.6 Å². The molecule has 0 radical (unpaired) electrons. The number of alkyl halides is 3. The highest BCUT2D eigenvalue weighted by Crippen LogP contribution is 2.30. The second kappa shape index (κ2) is 8.79. The molecule has 2 N–H and O–H groups in total. The molecule has 0 bridgehead atoms. The molecule has 1 aromatic carbocycles. The molecule has 2 atom stereocenters. The van der Waals surface area contributed by atoms with E-state index in [1.54, 1.807) is 0 Å². The first-order chi connectivity index (χ1) is 14.9. The maximum atomic E-state index is 14.6. The summed E-state index contributed by atoms with van der Waals surface area (Å²) in [5.41, 5.74) is -2.81.